The van der Waals surface area contributed by atoms with Crippen LogP contribution >= 0.6 is 0 Å². The van der Waals surface area contributed by atoms with E-state index in [0.29, 0.717) is 12.3 Å². The van der Waals surface area contributed by atoms with Gasteiger partial charge in [0.1, 0.15) is 5.69 Å². The summed E-state index contributed by atoms with van der Waals surface area (Å²) < 4.78 is 36.2. The van der Waals surface area contributed by atoms with Gasteiger partial charge >= 0.3 is 11.9 Å². The number of oxime groups is 1. The van der Waals surface area contributed by atoms with Crippen LogP contribution in [-0.2, 0) is 6.18 Å². The van der Waals surface area contributed by atoms with E-state index in [-0.39, 0.29) is 5.69 Å². The lowest BCUT2D eigenvalue weighted by molar-refractivity contribution is -0.141. The van der Waals surface area contributed by atoms with E-state index >= 15 is 0 Å². The molecule has 0 fully saturated rings. The molecule has 1 heterocycles. The molecule has 0 bridgehead atoms. The summed E-state index contributed by atoms with van der Waals surface area (Å²) in [5.41, 5.74) is -2.77. The molecule has 0 aromatic carbocycles. The lowest BCUT2D eigenvalue weighted by atomic mass is 10.3. The Bertz CT molecular complexity index is 410. The predicted molar refractivity (Wildman–Crippen MR) is 39.2 cm³/mol. The van der Waals surface area contributed by atoms with Crippen molar-refractivity contribution in [1.29, 1.82) is 0 Å². The van der Waals surface area contributed by atoms with Crippen LogP contribution in [0, 0.1) is 0 Å². The van der Waals surface area contributed by atoms with Crippen molar-refractivity contribution in [3.8, 4) is 0 Å². The first-order valence-corrected chi connectivity index (χ1v) is 3.29. The van der Waals surface area contributed by atoms with E-state index in [0.717, 1.165) is 0 Å². The van der Waals surface area contributed by atoms with Crippen molar-refractivity contribution in [1.82, 2.24) is 9.97 Å². The van der Waals surface area contributed by atoms with Gasteiger partial charge in [-0.2, -0.15) is 18.2 Å². The molecular weight excluding hydrogens is 203 g/mol. The highest BCUT2D eigenvalue weighted by Gasteiger charge is 2.32. The molecule has 0 saturated carbocycles. The minimum Gasteiger partial charge on any atom is -0.411 e. The smallest absolute Gasteiger partial charge is 0.411 e. The van der Waals surface area contributed by atoms with Crippen LogP contribution in [0.2, 0.25) is 0 Å². The molecule has 0 amide bonds. The van der Waals surface area contributed by atoms with Crippen LogP contribution in [0.5, 0.6) is 0 Å². The third-order valence-electron chi connectivity index (χ3n) is 1.26. The van der Waals surface area contributed by atoms with E-state index < -0.39 is 17.6 Å². The van der Waals surface area contributed by atoms with Crippen LogP contribution in [-0.4, -0.2) is 21.4 Å². The molecule has 0 spiro atoms. The van der Waals surface area contributed by atoms with Gasteiger partial charge in [0, 0.05) is 0 Å². The van der Waals surface area contributed by atoms with Crippen molar-refractivity contribution in [3.63, 3.8) is 0 Å². The van der Waals surface area contributed by atoms with Gasteiger partial charge in [0.05, 0.1) is 11.9 Å². The Morgan fingerprint density at radius 2 is 2.21 bits per heavy atom. The van der Waals surface area contributed by atoms with Crippen LogP contribution in [0.4, 0.5) is 13.2 Å². The summed E-state index contributed by atoms with van der Waals surface area (Å²) >= 11 is 0. The molecule has 0 atom stereocenters. The van der Waals surface area contributed by atoms with Crippen LogP contribution in [0.3, 0.4) is 0 Å². The van der Waals surface area contributed by atoms with E-state index in [1.807, 2.05) is 0 Å². The van der Waals surface area contributed by atoms with Crippen molar-refractivity contribution in [2.75, 3.05) is 0 Å². The zero-order valence-electron chi connectivity index (χ0n) is 6.54. The normalized spacial score (nSPS) is 12.2. The average molecular weight is 207 g/mol. The third kappa shape index (κ3) is 2.31. The molecule has 0 saturated heterocycles. The number of nitrogens with one attached hydrogen (secondary N) is 1. The Balaban J connectivity index is 3.28. The average Bonchev–Trinajstić information content (AvgIpc) is 2.02. The molecular formula is C6H4F3N3O2. The topological polar surface area (TPSA) is 78.3 Å². The van der Waals surface area contributed by atoms with Gasteiger partial charge in [-0.1, -0.05) is 5.16 Å². The van der Waals surface area contributed by atoms with Crippen LogP contribution in [0.1, 0.15) is 11.4 Å². The molecule has 5 nitrogen and oxygen atoms in total. The second-order valence-electron chi connectivity index (χ2n) is 2.27. The minimum absolute atomic E-state index is 0.372. The maximum Gasteiger partial charge on any atom is 0.431 e. The highest BCUT2D eigenvalue weighted by Crippen LogP contribution is 2.26. The number of hydrogen-bond acceptors (Lipinski definition) is 4. The van der Waals surface area contributed by atoms with Gasteiger partial charge in [-0.15, -0.1) is 0 Å². The van der Waals surface area contributed by atoms with Crippen LogP contribution in [0.15, 0.2) is 16.0 Å². The Hall–Kier alpha value is -1.86. The molecule has 1 aromatic rings. The maximum absolute atomic E-state index is 12.1. The standard InChI is InChI=1S/C6H4F3N3O2/c7-6(8,9)4-1-3(2-10-14)11-5(13)12-4/h1-2,14H,(H,11,12,13)/b10-2-. The molecule has 1 aromatic heterocycles. The van der Waals surface area contributed by atoms with Crippen molar-refractivity contribution < 1.29 is 18.4 Å². The Morgan fingerprint density at radius 1 is 1.57 bits per heavy atom. The number of alkyl halides is 3. The third-order valence-corrected chi connectivity index (χ3v) is 1.26. The summed E-state index contributed by atoms with van der Waals surface area (Å²) in [5.74, 6) is 0. The zero-order chi connectivity index (χ0) is 10.8. The fourth-order valence-corrected chi connectivity index (χ4v) is 0.755. The van der Waals surface area contributed by atoms with Gasteiger partial charge in [-0.3, -0.25) is 0 Å². The predicted octanol–water partition coefficient (Wildman–Crippen LogP) is 0.597. The number of aromatic amines is 1. The van der Waals surface area contributed by atoms with Gasteiger partial charge in [-0.25, -0.2) is 4.79 Å². The summed E-state index contributed by atoms with van der Waals surface area (Å²) in [5, 5.41) is 10.5. The number of hydrogen-bond donors (Lipinski definition) is 2. The van der Waals surface area contributed by atoms with Gasteiger partial charge < -0.3 is 10.2 Å². The van der Waals surface area contributed by atoms with E-state index in [1.54, 1.807) is 0 Å². The fourth-order valence-electron chi connectivity index (χ4n) is 0.755. The van der Waals surface area contributed by atoms with Gasteiger partial charge in [-0.05, 0) is 6.07 Å². The Kier molecular flexibility index (Phi) is 2.54. The fraction of sp³-hybridized carbons (Fsp3) is 0.167. The van der Waals surface area contributed by atoms with Gasteiger partial charge in [0.15, 0.2) is 0 Å². The summed E-state index contributed by atoms with van der Waals surface area (Å²) in [6, 6.07) is 0.557. The summed E-state index contributed by atoms with van der Waals surface area (Å²) in [6.07, 6.45) is -4.04. The zero-order valence-corrected chi connectivity index (χ0v) is 6.54. The SMILES string of the molecule is O=c1nc(/C=N\O)cc(C(F)(F)F)[nH]1. The number of rotatable bonds is 1. The number of halogens is 3. The highest BCUT2D eigenvalue weighted by atomic mass is 19.4. The lowest BCUT2D eigenvalue weighted by Crippen LogP contribution is -2.20. The maximum atomic E-state index is 12.1. The minimum atomic E-state index is -4.67. The molecule has 8 heteroatoms. The number of aromatic nitrogens is 2. The van der Waals surface area contributed by atoms with Gasteiger partial charge in [0.2, 0.25) is 0 Å². The second kappa shape index (κ2) is 3.48. The van der Waals surface area contributed by atoms with E-state index in [9.17, 15) is 18.0 Å². The van der Waals surface area contributed by atoms with E-state index in [1.165, 1.54) is 4.98 Å². The van der Waals surface area contributed by atoms with Crippen molar-refractivity contribution in [2.24, 2.45) is 5.16 Å². The lowest BCUT2D eigenvalue weighted by Gasteiger charge is -2.05. The molecule has 14 heavy (non-hydrogen) atoms. The first-order chi connectivity index (χ1) is 6.43. The summed E-state index contributed by atoms with van der Waals surface area (Å²) in [4.78, 5) is 15.3. The highest BCUT2D eigenvalue weighted by molar-refractivity contribution is 5.76. The molecule has 1 rings (SSSR count). The van der Waals surface area contributed by atoms with E-state index in [2.05, 4.69) is 10.1 Å². The summed E-state index contributed by atoms with van der Waals surface area (Å²) in [6.45, 7) is 0. The quantitative estimate of drug-likeness (QED) is 0.402. The molecule has 0 radical (unpaired) electrons. The van der Waals surface area contributed by atoms with Crippen molar-refractivity contribution >= 4 is 6.21 Å². The van der Waals surface area contributed by atoms with Crippen LogP contribution in [0.25, 0.3) is 0 Å². The van der Waals surface area contributed by atoms with Crippen molar-refractivity contribution in [3.05, 3.63) is 27.9 Å². The first kappa shape index (κ1) is 10.2. The molecule has 0 aliphatic heterocycles. The van der Waals surface area contributed by atoms with Crippen molar-refractivity contribution in [2.45, 2.75) is 6.18 Å². The first-order valence-electron chi connectivity index (χ1n) is 3.29. The summed E-state index contributed by atoms with van der Waals surface area (Å²) in [7, 11) is 0. The van der Waals surface area contributed by atoms with Crippen LogP contribution < -0.4 is 5.69 Å². The number of H-pyrrole nitrogens is 1. The Labute approximate surface area is 74.9 Å². The van der Waals surface area contributed by atoms with E-state index in [4.69, 9.17) is 5.21 Å². The monoisotopic (exact) mass is 207 g/mol. The molecule has 0 unspecified atom stereocenters. The molecule has 0 aliphatic rings. The molecule has 2 N–H and O–H groups in total. The molecule has 76 valence electrons. The number of nitrogens with zero attached hydrogens (tertiary/aromatic N) is 2. The second-order valence-corrected chi connectivity index (χ2v) is 2.27. The molecule has 0 aliphatic carbocycles. The Morgan fingerprint density at radius 3 is 2.71 bits per heavy atom. The van der Waals surface area contributed by atoms with Gasteiger partial charge in [0.25, 0.3) is 0 Å². The largest absolute Gasteiger partial charge is 0.431 e.